The molecule has 0 amide bonds. The molecule has 0 aromatic rings. The normalized spacial score (nSPS) is 13.9. The molecule has 3 unspecified atom stereocenters. The van der Waals surface area contributed by atoms with E-state index in [0.717, 1.165) is 102 Å². The van der Waals surface area contributed by atoms with Crippen LogP contribution < -0.4 is 0 Å². The highest BCUT2D eigenvalue weighted by Gasteiger charge is 2.31. The lowest BCUT2D eigenvalue weighted by atomic mass is 9.99. The largest absolute Gasteiger partial charge is 0.472 e. The summed E-state index contributed by atoms with van der Waals surface area (Å²) < 4.78 is 69.1. The Kier molecular flexibility index (Phi) is 83.6. The van der Waals surface area contributed by atoms with Gasteiger partial charge in [0.25, 0.3) is 0 Å². The fraction of sp³-hybridized carbons (Fsp3) is 0.957. The maximum atomic E-state index is 13.2. The van der Waals surface area contributed by atoms with E-state index >= 15 is 0 Å². The molecule has 0 spiro atoms. The number of phosphoric acid groups is 2. The summed E-state index contributed by atoms with van der Waals surface area (Å²) in [5.41, 5.74) is 0. The number of unbranched alkanes of at least 4 members (excludes halogenated alkanes) is 62. The number of aliphatic hydroxyl groups is 1. The number of hydrogen-bond donors (Lipinski definition) is 3. The number of rotatable bonds is 93. The Labute approximate surface area is 696 Å². The number of carbonyl (C=O) groups excluding carboxylic acids is 4. The van der Waals surface area contributed by atoms with Crippen LogP contribution in [0.4, 0.5) is 0 Å². The summed E-state index contributed by atoms with van der Waals surface area (Å²) in [5, 5.41) is 10.7. The monoisotopic (exact) mass is 1650 g/mol. The van der Waals surface area contributed by atoms with Gasteiger partial charge in [-0.15, -0.1) is 0 Å². The standard InChI is InChI=1S/C94H184O17P2/c1-7-10-12-14-16-18-20-22-24-26-28-30-31-33-37-41-45-49-53-57-64-70-76-91(96)104-82-89(110-93(98)78-72-66-59-55-51-47-43-39-35-34-36-40-44-48-52-56-63-69-75-87(6)9-3)84-108-112(100,101)106-80-88(95)81-107-113(102,103)109-85-90(83-105-92(97)77-71-65-61-60-62-68-74-86(4)5)111-94(99)79-73-67-58-54-50-46-42-38-32-29-27-25-23-21-19-17-15-13-11-8-2/h86-90,95H,7-85H2,1-6H3,(H,100,101)(H,102,103)/t87?,88-,89-,90-/m1/s1. The van der Waals surface area contributed by atoms with Gasteiger partial charge in [-0.1, -0.05) is 459 Å². The van der Waals surface area contributed by atoms with Gasteiger partial charge in [0, 0.05) is 25.7 Å². The van der Waals surface area contributed by atoms with E-state index in [4.69, 9.17) is 37.0 Å². The van der Waals surface area contributed by atoms with Crippen LogP contribution >= 0.6 is 15.6 Å². The van der Waals surface area contributed by atoms with E-state index in [-0.39, 0.29) is 25.7 Å². The molecule has 113 heavy (non-hydrogen) atoms. The number of ether oxygens (including phenoxy) is 4. The first-order chi connectivity index (χ1) is 54.9. The molecule has 0 fully saturated rings. The third kappa shape index (κ3) is 86.3. The quantitative estimate of drug-likeness (QED) is 0.0222. The Balaban J connectivity index is 5.18. The first kappa shape index (κ1) is 111. The summed E-state index contributed by atoms with van der Waals surface area (Å²) in [6.07, 6.45) is 81.0. The molecule has 0 bridgehead atoms. The predicted molar refractivity (Wildman–Crippen MR) is 469 cm³/mol. The van der Waals surface area contributed by atoms with Crippen molar-refractivity contribution in [2.24, 2.45) is 11.8 Å². The average Bonchev–Trinajstić information content (AvgIpc) is 0.898. The van der Waals surface area contributed by atoms with Gasteiger partial charge in [0.05, 0.1) is 26.4 Å². The molecule has 17 nitrogen and oxygen atoms in total. The lowest BCUT2D eigenvalue weighted by Crippen LogP contribution is -2.30. The fourth-order valence-electron chi connectivity index (χ4n) is 14.8. The Hall–Kier alpha value is -1.94. The number of hydrogen-bond acceptors (Lipinski definition) is 15. The second kappa shape index (κ2) is 85.1. The van der Waals surface area contributed by atoms with Crippen molar-refractivity contribution in [3.63, 3.8) is 0 Å². The highest BCUT2D eigenvalue weighted by molar-refractivity contribution is 7.47. The van der Waals surface area contributed by atoms with E-state index in [0.29, 0.717) is 31.6 Å². The summed E-state index contributed by atoms with van der Waals surface area (Å²) in [6, 6.07) is 0. The van der Waals surface area contributed by atoms with Crippen LogP contribution in [0.3, 0.4) is 0 Å². The third-order valence-corrected chi connectivity index (χ3v) is 24.5. The van der Waals surface area contributed by atoms with Crippen LogP contribution in [0.1, 0.15) is 510 Å². The van der Waals surface area contributed by atoms with Crippen LogP contribution in [0.15, 0.2) is 0 Å². The third-order valence-electron chi connectivity index (χ3n) is 22.6. The number of phosphoric ester groups is 2. The van der Waals surface area contributed by atoms with E-state index in [9.17, 15) is 43.2 Å². The van der Waals surface area contributed by atoms with E-state index < -0.39 is 97.5 Å². The number of esters is 4. The van der Waals surface area contributed by atoms with E-state index in [1.54, 1.807) is 0 Å². The zero-order chi connectivity index (χ0) is 82.7. The second-order valence-corrected chi connectivity index (χ2v) is 37.4. The molecule has 0 aliphatic carbocycles. The Morgan fingerprint density at radius 2 is 0.451 bits per heavy atom. The van der Waals surface area contributed by atoms with Crippen molar-refractivity contribution in [2.75, 3.05) is 39.6 Å². The number of aliphatic hydroxyl groups excluding tert-OH is 1. The predicted octanol–water partition coefficient (Wildman–Crippen LogP) is 29.4. The molecule has 672 valence electrons. The zero-order valence-electron chi connectivity index (χ0n) is 74.7. The Morgan fingerprint density at radius 1 is 0.257 bits per heavy atom. The first-order valence-corrected chi connectivity index (χ1v) is 51.5. The Bertz CT molecular complexity index is 2150. The van der Waals surface area contributed by atoms with E-state index in [1.165, 1.54) is 321 Å². The molecule has 0 saturated carbocycles. The molecule has 0 saturated heterocycles. The van der Waals surface area contributed by atoms with Gasteiger partial charge < -0.3 is 33.8 Å². The Morgan fingerprint density at radius 3 is 0.673 bits per heavy atom. The smallest absolute Gasteiger partial charge is 0.462 e. The molecule has 0 radical (unpaired) electrons. The SMILES string of the molecule is CCCCCCCCCCCCCCCCCCCCCCCCC(=O)OC[C@H](COP(=O)(O)OC[C@@H](O)COP(=O)(O)OC[C@@H](COC(=O)CCCCCCCCC(C)C)OC(=O)CCCCCCCCCCCCCCCCCCCCCC)OC(=O)CCCCCCCCCCCCCCCCCCCCC(C)CC. The summed E-state index contributed by atoms with van der Waals surface area (Å²) in [4.78, 5) is 73.4. The van der Waals surface area contributed by atoms with Crippen molar-refractivity contribution in [2.45, 2.75) is 529 Å². The lowest BCUT2D eigenvalue weighted by molar-refractivity contribution is -0.161. The molecule has 6 atom stereocenters. The minimum Gasteiger partial charge on any atom is -0.462 e. The van der Waals surface area contributed by atoms with Crippen molar-refractivity contribution in [3.8, 4) is 0 Å². The van der Waals surface area contributed by atoms with Gasteiger partial charge in [-0.25, -0.2) is 9.13 Å². The molecule has 0 heterocycles. The van der Waals surface area contributed by atoms with Gasteiger partial charge in [0.1, 0.15) is 19.3 Å². The highest BCUT2D eigenvalue weighted by atomic mass is 31.2. The molecule has 0 aromatic carbocycles. The minimum absolute atomic E-state index is 0.108. The summed E-state index contributed by atoms with van der Waals surface area (Å²) in [5.74, 6) is -0.547. The van der Waals surface area contributed by atoms with E-state index in [1.807, 2.05) is 0 Å². The van der Waals surface area contributed by atoms with Crippen LogP contribution in [0.25, 0.3) is 0 Å². The van der Waals surface area contributed by atoms with Crippen LogP contribution in [0.2, 0.25) is 0 Å². The molecule has 19 heteroatoms. The molecular weight excluding hydrogens is 1460 g/mol. The van der Waals surface area contributed by atoms with Crippen molar-refractivity contribution in [1.82, 2.24) is 0 Å². The van der Waals surface area contributed by atoms with Gasteiger partial charge in [-0.3, -0.25) is 37.3 Å². The molecule has 0 aromatic heterocycles. The maximum absolute atomic E-state index is 13.2. The molecular formula is C94H184O17P2. The second-order valence-electron chi connectivity index (χ2n) is 34.5. The molecule has 0 aliphatic heterocycles. The highest BCUT2D eigenvalue weighted by Crippen LogP contribution is 2.45. The first-order valence-electron chi connectivity index (χ1n) is 48.5. The number of carbonyl (C=O) groups is 4. The van der Waals surface area contributed by atoms with Crippen molar-refractivity contribution >= 4 is 39.5 Å². The van der Waals surface area contributed by atoms with Gasteiger partial charge in [-0.2, -0.15) is 0 Å². The van der Waals surface area contributed by atoms with E-state index in [2.05, 4.69) is 41.5 Å². The van der Waals surface area contributed by atoms with Crippen LogP contribution in [-0.2, 0) is 65.4 Å². The van der Waals surface area contributed by atoms with Crippen LogP contribution in [0.5, 0.6) is 0 Å². The van der Waals surface area contributed by atoms with Gasteiger partial charge in [0.15, 0.2) is 12.2 Å². The van der Waals surface area contributed by atoms with Gasteiger partial charge in [-0.05, 0) is 37.5 Å². The van der Waals surface area contributed by atoms with Gasteiger partial charge in [0.2, 0.25) is 0 Å². The van der Waals surface area contributed by atoms with Gasteiger partial charge >= 0.3 is 39.5 Å². The van der Waals surface area contributed by atoms with Crippen LogP contribution in [-0.4, -0.2) is 96.7 Å². The molecule has 3 N–H and O–H groups in total. The zero-order valence-corrected chi connectivity index (χ0v) is 76.5. The topological polar surface area (TPSA) is 237 Å². The summed E-state index contributed by atoms with van der Waals surface area (Å²) in [7, 11) is -9.94. The molecule has 0 aliphatic rings. The van der Waals surface area contributed by atoms with Crippen molar-refractivity contribution < 1.29 is 80.2 Å². The van der Waals surface area contributed by atoms with Crippen LogP contribution in [0, 0.1) is 11.8 Å². The summed E-state index contributed by atoms with van der Waals surface area (Å²) >= 11 is 0. The maximum Gasteiger partial charge on any atom is 0.472 e. The minimum atomic E-state index is -4.97. The fourth-order valence-corrected chi connectivity index (χ4v) is 16.4. The lowest BCUT2D eigenvalue weighted by Gasteiger charge is -2.21. The summed E-state index contributed by atoms with van der Waals surface area (Å²) in [6.45, 7) is 9.70. The van der Waals surface area contributed by atoms with Crippen molar-refractivity contribution in [1.29, 1.82) is 0 Å². The molecule has 0 rings (SSSR count). The average molecular weight is 1650 g/mol. The van der Waals surface area contributed by atoms with Crippen molar-refractivity contribution in [3.05, 3.63) is 0 Å².